The molecule has 0 saturated heterocycles. The highest BCUT2D eigenvalue weighted by molar-refractivity contribution is 9.10. The van der Waals surface area contributed by atoms with Crippen molar-refractivity contribution in [2.24, 2.45) is 0 Å². The number of aromatic hydroxyl groups is 2. The van der Waals surface area contributed by atoms with E-state index in [2.05, 4.69) is 15.9 Å². The van der Waals surface area contributed by atoms with Crippen LogP contribution >= 0.6 is 15.9 Å². The lowest BCUT2D eigenvalue weighted by Gasteiger charge is -2.17. The third kappa shape index (κ3) is 2.95. The molecule has 0 atom stereocenters. The maximum absolute atomic E-state index is 11.4. The van der Waals surface area contributed by atoms with Gasteiger partial charge in [-0.05, 0) is 51.4 Å². The van der Waals surface area contributed by atoms with Crippen LogP contribution in [0.4, 0.5) is 0 Å². The third-order valence-electron chi connectivity index (χ3n) is 5.32. The van der Waals surface area contributed by atoms with Crippen molar-refractivity contribution in [2.45, 2.75) is 0 Å². The molecule has 0 bridgehead atoms. The summed E-state index contributed by atoms with van der Waals surface area (Å²) in [5.74, 6) is 0.305. The van der Waals surface area contributed by atoms with Gasteiger partial charge >= 0.3 is 0 Å². The van der Waals surface area contributed by atoms with Crippen molar-refractivity contribution >= 4 is 37.5 Å². The van der Waals surface area contributed by atoms with Gasteiger partial charge < -0.3 is 10.2 Å². The molecule has 0 saturated carbocycles. The summed E-state index contributed by atoms with van der Waals surface area (Å²) in [4.78, 5) is 0. The highest BCUT2D eigenvalue weighted by atomic mass is 79.9. The van der Waals surface area contributed by atoms with Gasteiger partial charge in [0.2, 0.25) is 0 Å². The number of fused-ring (bicyclic) bond motifs is 2. The summed E-state index contributed by atoms with van der Waals surface area (Å²) in [7, 11) is 0. The zero-order valence-electron chi connectivity index (χ0n) is 15.4. The van der Waals surface area contributed by atoms with E-state index in [9.17, 15) is 10.2 Å². The van der Waals surface area contributed by atoms with Crippen molar-refractivity contribution in [3.05, 3.63) is 95.5 Å². The first-order valence-corrected chi connectivity index (χ1v) is 10.1. The van der Waals surface area contributed by atoms with Gasteiger partial charge in [-0.1, -0.05) is 82.7 Å². The van der Waals surface area contributed by atoms with Gasteiger partial charge in [-0.2, -0.15) is 0 Å². The molecule has 0 radical (unpaired) electrons. The largest absolute Gasteiger partial charge is 0.507 e. The predicted octanol–water partition coefficient (Wildman–Crippen LogP) is 7.50. The third-order valence-corrected chi connectivity index (χ3v) is 5.81. The fourth-order valence-electron chi connectivity index (χ4n) is 3.97. The molecule has 3 heteroatoms. The molecule has 0 aromatic heterocycles. The smallest absolute Gasteiger partial charge is 0.132 e. The maximum Gasteiger partial charge on any atom is 0.132 e. The molecule has 140 valence electrons. The van der Waals surface area contributed by atoms with Crippen LogP contribution in [0, 0.1) is 0 Å². The summed E-state index contributed by atoms with van der Waals surface area (Å²) in [6.07, 6.45) is 0. The van der Waals surface area contributed by atoms with Gasteiger partial charge in [0.05, 0.1) is 0 Å². The number of hydrogen-bond acceptors (Lipinski definition) is 2. The number of halogens is 1. The summed E-state index contributed by atoms with van der Waals surface area (Å²) in [6, 6.07) is 29.3. The van der Waals surface area contributed by atoms with Gasteiger partial charge in [0.15, 0.2) is 0 Å². The van der Waals surface area contributed by atoms with Crippen molar-refractivity contribution in [1.29, 1.82) is 0 Å². The van der Waals surface area contributed by atoms with E-state index in [1.807, 2.05) is 84.9 Å². The minimum Gasteiger partial charge on any atom is -0.507 e. The number of benzene rings is 5. The van der Waals surface area contributed by atoms with E-state index in [-0.39, 0.29) is 11.5 Å². The Balaban J connectivity index is 1.96. The molecule has 0 spiro atoms. The Hall–Kier alpha value is -3.30. The lowest BCUT2D eigenvalue weighted by atomic mass is 9.89. The average molecular weight is 441 g/mol. The van der Waals surface area contributed by atoms with E-state index in [1.54, 1.807) is 6.07 Å². The second kappa shape index (κ2) is 6.94. The molecular formula is C26H17BrO2. The van der Waals surface area contributed by atoms with Crippen LogP contribution in [0.3, 0.4) is 0 Å². The monoisotopic (exact) mass is 440 g/mol. The van der Waals surface area contributed by atoms with Crippen LogP contribution in [0.5, 0.6) is 11.5 Å². The Labute approximate surface area is 176 Å². The first-order valence-electron chi connectivity index (χ1n) is 9.35. The van der Waals surface area contributed by atoms with Crippen LogP contribution in [-0.2, 0) is 0 Å². The average Bonchev–Trinajstić information content (AvgIpc) is 2.75. The normalized spacial score (nSPS) is 11.2. The molecule has 0 aliphatic rings. The first-order chi connectivity index (χ1) is 14.1. The topological polar surface area (TPSA) is 40.5 Å². The Morgan fingerprint density at radius 1 is 0.586 bits per heavy atom. The van der Waals surface area contributed by atoms with Crippen LogP contribution in [0.15, 0.2) is 95.5 Å². The van der Waals surface area contributed by atoms with Crippen LogP contribution in [0.25, 0.3) is 43.8 Å². The minimum atomic E-state index is 0.140. The van der Waals surface area contributed by atoms with E-state index in [1.165, 1.54) is 0 Å². The van der Waals surface area contributed by atoms with Crippen molar-refractivity contribution in [1.82, 2.24) is 0 Å². The van der Waals surface area contributed by atoms with Crippen molar-refractivity contribution in [3.63, 3.8) is 0 Å². The summed E-state index contributed by atoms with van der Waals surface area (Å²) in [5, 5.41) is 26.1. The van der Waals surface area contributed by atoms with Crippen LogP contribution in [0.1, 0.15) is 0 Å². The zero-order valence-corrected chi connectivity index (χ0v) is 17.0. The lowest BCUT2D eigenvalue weighted by Crippen LogP contribution is -1.90. The molecule has 5 rings (SSSR count). The van der Waals surface area contributed by atoms with Gasteiger partial charge in [-0.25, -0.2) is 0 Å². The highest BCUT2D eigenvalue weighted by Crippen LogP contribution is 2.48. The standard InChI is InChI=1S/C26H17BrO2/c27-19-12-10-17-11-13-23(28)24(21(17)15-19)25-20-9-5-4-8-18(20)14-22(26(25)29)16-6-2-1-3-7-16/h1-15,28-29H. The molecule has 29 heavy (non-hydrogen) atoms. The quantitative estimate of drug-likeness (QED) is 0.298. The predicted molar refractivity (Wildman–Crippen MR) is 123 cm³/mol. The summed E-state index contributed by atoms with van der Waals surface area (Å²) in [5.41, 5.74) is 2.95. The van der Waals surface area contributed by atoms with Gasteiger partial charge in [0.25, 0.3) is 0 Å². The number of rotatable bonds is 2. The molecule has 2 nitrogen and oxygen atoms in total. The molecular weight excluding hydrogens is 424 g/mol. The van der Waals surface area contributed by atoms with E-state index in [0.717, 1.165) is 37.1 Å². The van der Waals surface area contributed by atoms with Gasteiger partial charge in [0, 0.05) is 21.2 Å². The molecule has 2 N–H and O–H groups in total. The number of phenols is 2. The number of phenolic OH excluding ortho intramolecular Hbond substituents is 2. The van der Waals surface area contributed by atoms with Crippen LogP contribution in [-0.4, -0.2) is 10.2 Å². The summed E-state index contributed by atoms with van der Waals surface area (Å²) >= 11 is 3.54. The van der Waals surface area contributed by atoms with E-state index >= 15 is 0 Å². The van der Waals surface area contributed by atoms with Gasteiger partial charge in [-0.15, -0.1) is 0 Å². The molecule has 0 amide bonds. The summed E-state index contributed by atoms with van der Waals surface area (Å²) < 4.78 is 0.917. The highest BCUT2D eigenvalue weighted by Gasteiger charge is 2.20. The lowest BCUT2D eigenvalue weighted by molar-refractivity contribution is 0.471. The van der Waals surface area contributed by atoms with Crippen LogP contribution in [0.2, 0.25) is 0 Å². The minimum absolute atomic E-state index is 0.140. The van der Waals surface area contributed by atoms with Crippen molar-refractivity contribution < 1.29 is 10.2 Å². The van der Waals surface area contributed by atoms with E-state index < -0.39 is 0 Å². The molecule has 0 heterocycles. The Morgan fingerprint density at radius 3 is 2.14 bits per heavy atom. The fourth-order valence-corrected chi connectivity index (χ4v) is 4.33. The molecule has 0 unspecified atom stereocenters. The molecule has 0 aliphatic carbocycles. The van der Waals surface area contributed by atoms with E-state index in [4.69, 9.17) is 0 Å². The maximum atomic E-state index is 11.4. The molecule has 0 fully saturated rings. The second-order valence-electron chi connectivity index (χ2n) is 7.06. The van der Waals surface area contributed by atoms with Crippen LogP contribution < -0.4 is 0 Å². The Bertz CT molecular complexity index is 1370. The Morgan fingerprint density at radius 2 is 1.31 bits per heavy atom. The molecule has 5 aromatic carbocycles. The summed E-state index contributed by atoms with van der Waals surface area (Å²) in [6.45, 7) is 0. The fraction of sp³-hybridized carbons (Fsp3) is 0. The molecule has 5 aromatic rings. The van der Waals surface area contributed by atoms with Gasteiger partial charge in [0.1, 0.15) is 11.5 Å². The van der Waals surface area contributed by atoms with Gasteiger partial charge in [-0.3, -0.25) is 0 Å². The zero-order chi connectivity index (χ0) is 20.0. The number of hydrogen-bond donors (Lipinski definition) is 2. The first kappa shape index (κ1) is 17.8. The van der Waals surface area contributed by atoms with E-state index in [0.29, 0.717) is 11.1 Å². The SMILES string of the molecule is Oc1ccc2ccc(Br)cc2c1-c1c(O)c(-c2ccccc2)cc2ccccc12. The second-order valence-corrected chi connectivity index (χ2v) is 7.98. The van der Waals surface area contributed by atoms with Crippen molar-refractivity contribution in [3.8, 4) is 33.8 Å². The van der Waals surface area contributed by atoms with Crippen molar-refractivity contribution in [2.75, 3.05) is 0 Å². The Kier molecular flexibility index (Phi) is 4.26. The molecule has 0 aliphatic heterocycles.